The van der Waals surface area contributed by atoms with E-state index in [0.29, 0.717) is 5.92 Å². The summed E-state index contributed by atoms with van der Waals surface area (Å²) < 4.78 is 0. The molecular formula is C14H22N2. The van der Waals surface area contributed by atoms with Crippen molar-refractivity contribution in [3.63, 3.8) is 0 Å². The highest BCUT2D eigenvalue weighted by Gasteiger charge is 2.07. The van der Waals surface area contributed by atoms with E-state index in [2.05, 4.69) is 49.9 Å². The average Bonchev–Trinajstić information content (AvgIpc) is 2.25. The van der Waals surface area contributed by atoms with Crippen LogP contribution in [-0.2, 0) is 6.42 Å². The molecule has 1 aromatic rings. The second-order valence-corrected chi connectivity index (χ2v) is 4.54. The molecule has 0 saturated heterocycles. The van der Waals surface area contributed by atoms with Crippen LogP contribution in [0.1, 0.15) is 26.3 Å². The van der Waals surface area contributed by atoms with Crippen molar-refractivity contribution in [2.24, 2.45) is 10.9 Å². The Bertz CT molecular complexity index is 355. The molecule has 0 radical (unpaired) electrons. The van der Waals surface area contributed by atoms with Crippen LogP contribution < -0.4 is 0 Å². The normalized spacial score (nSPS) is 12.0. The summed E-state index contributed by atoms with van der Waals surface area (Å²) in [5, 5.41) is 0. The van der Waals surface area contributed by atoms with Crippen molar-refractivity contribution in [3.05, 3.63) is 29.8 Å². The largest absolute Gasteiger partial charge is 0.366 e. The van der Waals surface area contributed by atoms with Crippen LogP contribution in [0.4, 0.5) is 5.69 Å². The number of amidine groups is 1. The number of hydrogen-bond donors (Lipinski definition) is 0. The minimum Gasteiger partial charge on any atom is -0.366 e. The molecule has 16 heavy (non-hydrogen) atoms. The molecule has 0 unspecified atom stereocenters. The molecule has 1 rings (SSSR count). The Morgan fingerprint density at radius 2 is 2.00 bits per heavy atom. The minimum absolute atomic E-state index is 0.445. The van der Waals surface area contributed by atoms with Crippen molar-refractivity contribution >= 4 is 11.5 Å². The third-order valence-corrected chi connectivity index (χ3v) is 2.54. The Kier molecular flexibility index (Phi) is 4.53. The van der Waals surface area contributed by atoms with Gasteiger partial charge >= 0.3 is 0 Å². The van der Waals surface area contributed by atoms with Crippen LogP contribution in [0.5, 0.6) is 0 Å². The van der Waals surface area contributed by atoms with E-state index in [9.17, 15) is 0 Å². The van der Waals surface area contributed by atoms with Gasteiger partial charge in [-0.05, 0) is 24.1 Å². The quantitative estimate of drug-likeness (QED) is 0.560. The van der Waals surface area contributed by atoms with Crippen LogP contribution in [0.2, 0.25) is 0 Å². The van der Waals surface area contributed by atoms with Crippen molar-refractivity contribution in [2.75, 3.05) is 14.1 Å². The van der Waals surface area contributed by atoms with E-state index in [1.54, 1.807) is 0 Å². The summed E-state index contributed by atoms with van der Waals surface area (Å²) in [6.45, 7) is 6.50. The Hall–Kier alpha value is -1.31. The molecule has 2 heteroatoms. The van der Waals surface area contributed by atoms with E-state index in [0.717, 1.165) is 17.9 Å². The van der Waals surface area contributed by atoms with Crippen LogP contribution >= 0.6 is 0 Å². The molecule has 0 aliphatic carbocycles. The summed E-state index contributed by atoms with van der Waals surface area (Å²) >= 11 is 0. The number of hydrogen-bond acceptors (Lipinski definition) is 1. The van der Waals surface area contributed by atoms with Crippen molar-refractivity contribution in [2.45, 2.75) is 27.2 Å². The molecule has 0 saturated carbocycles. The van der Waals surface area contributed by atoms with Gasteiger partial charge in [-0.25, -0.2) is 4.99 Å². The lowest BCUT2D eigenvalue weighted by molar-refractivity contribution is 0.575. The van der Waals surface area contributed by atoms with Gasteiger partial charge in [0, 0.05) is 20.0 Å². The van der Waals surface area contributed by atoms with Crippen molar-refractivity contribution < 1.29 is 0 Å². The first kappa shape index (κ1) is 12.8. The Morgan fingerprint density at radius 3 is 2.50 bits per heavy atom. The van der Waals surface area contributed by atoms with Gasteiger partial charge in [0.1, 0.15) is 5.84 Å². The second-order valence-electron chi connectivity index (χ2n) is 4.54. The molecule has 0 fully saturated rings. The maximum atomic E-state index is 4.71. The summed E-state index contributed by atoms with van der Waals surface area (Å²) in [5.74, 6) is 1.56. The monoisotopic (exact) mass is 218 g/mol. The summed E-state index contributed by atoms with van der Waals surface area (Å²) in [5.41, 5.74) is 2.39. The van der Waals surface area contributed by atoms with E-state index in [-0.39, 0.29) is 0 Å². The minimum atomic E-state index is 0.445. The van der Waals surface area contributed by atoms with Gasteiger partial charge < -0.3 is 4.90 Å². The molecule has 0 bridgehead atoms. The molecule has 0 aliphatic rings. The highest BCUT2D eigenvalue weighted by molar-refractivity contribution is 5.86. The standard InChI is InChI=1S/C14H22N2/c1-6-12-8-7-9-13(10-12)15-14(11(2)3)16(4)5/h7-11H,6H2,1-5H3/b15-14+. The van der Waals surface area contributed by atoms with Gasteiger partial charge in [0.05, 0.1) is 5.69 Å². The summed E-state index contributed by atoms with van der Waals surface area (Å²) in [6, 6.07) is 8.44. The molecule has 0 N–H and O–H groups in total. The van der Waals surface area contributed by atoms with E-state index < -0.39 is 0 Å². The molecule has 2 nitrogen and oxygen atoms in total. The van der Waals surface area contributed by atoms with Gasteiger partial charge in [-0.15, -0.1) is 0 Å². The highest BCUT2D eigenvalue weighted by Crippen LogP contribution is 2.17. The highest BCUT2D eigenvalue weighted by atomic mass is 15.1. The van der Waals surface area contributed by atoms with Gasteiger partial charge in [0.2, 0.25) is 0 Å². The van der Waals surface area contributed by atoms with E-state index >= 15 is 0 Å². The lowest BCUT2D eigenvalue weighted by Crippen LogP contribution is -2.26. The zero-order valence-electron chi connectivity index (χ0n) is 11.0. The molecule has 0 aromatic heterocycles. The predicted octanol–water partition coefficient (Wildman–Crippen LogP) is 3.50. The van der Waals surface area contributed by atoms with Crippen molar-refractivity contribution in [1.29, 1.82) is 0 Å². The zero-order chi connectivity index (χ0) is 12.1. The van der Waals surface area contributed by atoms with Crippen LogP contribution in [0.25, 0.3) is 0 Å². The molecule has 0 aliphatic heterocycles. The number of aliphatic imine (C=N–C) groups is 1. The second kappa shape index (κ2) is 5.69. The zero-order valence-corrected chi connectivity index (χ0v) is 11.0. The van der Waals surface area contributed by atoms with Crippen LogP contribution in [-0.4, -0.2) is 24.8 Å². The lowest BCUT2D eigenvalue weighted by atomic mass is 10.1. The summed E-state index contributed by atoms with van der Waals surface area (Å²) in [6.07, 6.45) is 1.06. The van der Waals surface area contributed by atoms with Gasteiger partial charge in [0.25, 0.3) is 0 Å². The van der Waals surface area contributed by atoms with E-state index in [1.165, 1.54) is 5.56 Å². The maximum absolute atomic E-state index is 4.71. The topological polar surface area (TPSA) is 15.6 Å². The third-order valence-electron chi connectivity index (χ3n) is 2.54. The molecule has 0 spiro atoms. The Morgan fingerprint density at radius 1 is 1.31 bits per heavy atom. The molecular weight excluding hydrogens is 196 g/mol. The first-order valence-electron chi connectivity index (χ1n) is 5.89. The first-order valence-corrected chi connectivity index (χ1v) is 5.89. The number of benzene rings is 1. The molecule has 0 amide bonds. The van der Waals surface area contributed by atoms with Gasteiger partial charge in [-0.2, -0.15) is 0 Å². The SMILES string of the molecule is CCc1cccc(/N=C(\C(C)C)N(C)C)c1. The third kappa shape index (κ3) is 3.37. The fourth-order valence-corrected chi connectivity index (χ4v) is 1.72. The Labute approximate surface area is 99.0 Å². The lowest BCUT2D eigenvalue weighted by Gasteiger charge is -2.19. The average molecular weight is 218 g/mol. The van der Waals surface area contributed by atoms with Gasteiger partial charge in [-0.1, -0.05) is 32.9 Å². The van der Waals surface area contributed by atoms with Gasteiger partial charge in [-0.3, -0.25) is 0 Å². The fourth-order valence-electron chi connectivity index (χ4n) is 1.72. The molecule has 0 atom stereocenters. The summed E-state index contributed by atoms with van der Waals surface area (Å²) in [4.78, 5) is 6.80. The number of aryl methyl sites for hydroxylation is 1. The van der Waals surface area contributed by atoms with Crippen LogP contribution in [0.3, 0.4) is 0 Å². The number of nitrogens with zero attached hydrogens (tertiary/aromatic N) is 2. The molecule has 88 valence electrons. The fraction of sp³-hybridized carbons (Fsp3) is 0.500. The predicted molar refractivity (Wildman–Crippen MR) is 71.4 cm³/mol. The molecule has 0 heterocycles. The van der Waals surface area contributed by atoms with E-state index in [4.69, 9.17) is 4.99 Å². The number of rotatable bonds is 3. The van der Waals surface area contributed by atoms with Gasteiger partial charge in [0.15, 0.2) is 0 Å². The van der Waals surface area contributed by atoms with Crippen LogP contribution in [0, 0.1) is 5.92 Å². The first-order chi connectivity index (χ1) is 7.54. The van der Waals surface area contributed by atoms with Crippen molar-refractivity contribution in [3.8, 4) is 0 Å². The maximum Gasteiger partial charge on any atom is 0.107 e. The summed E-state index contributed by atoms with van der Waals surface area (Å²) in [7, 11) is 4.09. The van der Waals surface area contributed by atoms with Crippen molar-refractivity contribution in [1.82, 2.24) is 4.90 Å². The van der Waals surface area contributed by atoms with E-state index in [1.807, 2.05) is 14.1 Å². The molecule has 1 aromatic carbocycles. The smallest absolute Gasteiger partial charge is 0.107 e. The van der Waals surface area contributed by atoms with Crippen LogP contribution in [0.15, 0.2) is 29.3 Å². The Balaban J connectivity index is 3.03.